The van der Waals surface area contributed by atoms with Crippen LogP contribution in [0.2, 0.25) is 0 Å². The van der Waals surface area contributed by atoms with E-state index < -0.39 is 17.3 Å². The molecule has 0 bridgehead atoms. The summed E-state index contributed by atoms with van der Waals surface area (Å²) < 4.78 is 38.4. The van der Waals surface area contributed by atoms with Crippen molar-refractivity contribution in [2.75, 3.05) is 18.4 Å². The summed E-state index contributed by atoms with van der Waals surface area (Å²) in [5, 5.41) is 14.3. The average Bonchev–Trinajstić information content (AvgIpc) is 2.90. The lowest BCUT2D eigenvalue weighted by atomic mass is 10.0. The van der Waals surface area contributed by atoms with Gasteiger partial charge >= 0.3 is 6.18 Å². The van der Waals surface area contributed by atoms with E-state index in [0.29, 0.717) is 0 Å². The van der Waals surface area contributed by atoms with Crippen molar-refractivity contribution in [3.05, 3.63) is 29.3 Å². The van der Waals surface area contributed by atoms with Gasteiger partial charge in [0.25, 0.3) is 0 Å². The van der Waals surface area contributed by atoms with Gasteiger partial charge in [-0.05, 0) is 43.6 Å². The summed E-state index contributed by atoms with van der Waals surface area (Å²) in [7, 11) is 0. The highest BCUT2D eigenvalue weighted by atomic mass is 19.4. The van der Waals surface area contributed by atoms with Gasteiger partial charge in [-0.3, -0.25) is 4.79 Å². The van der Waals surface area contributed by atoms with Crippen LogP contribution in [0.25, 0.3) is 0 Å². The van der Waals surface area contributed by atoms with Crippen molar-refractivity contribution in [1.82, 2.24) is 5.32 Å². The molecular weight excluding hydrogens is 283 g/mol. The number of rotatable bonds is 3. The van der Waals surface area contributed by atoms with E-state index in [0.717, 1.165) is 31.6 Å². The van der Waals surface area contributed by atoms with E-state index in [1.165, 1.54) is 12.1 Å². The molecule has 1 amide bonds. The molecule has 1 aromatic rings. The smallest absolute Gasteiger partial charge is 0.326 e. The predicted octanol–water partition coefficient (Wildman–Crippen LogP) is 2.52. The fourth-order valence-electron chi connectivity index (χ4n) is 2.32. The number of benzene rings is 1. The van der Waals surface area contributed by atoms with E-state index in [4.69, 9.17) is 5.26 Å². The molecule has 7 heteroatoms. The van der Waals surface area contributed by atoms with Crippen LogP contribution in [0, 0.1) is 17.2 Å². The molecule has 2 rings (SSSR count). The van der Waals surface area contributed by atoms with Crippen molar-refractivity contribution in [2.45, 2.75) is 19.0 Å². The number of alkyl halides is 3. The third kappa shape index (κ3) is 3.95. The zero-order valence-corrected chi connectivity index (χ0v) is 11.1. The van der Waals surface area contributed by atoms with Gasteiger partial charge in [-0.2, -0.15) is 18.4 Å². The summed E-state index contributed by atoms with van der Waals surface area (Å²) in [6, 6.07) is 4.66. The second-order valence-corrected chi connectivity index (χ2v) is 4.98. The Bertz CT molecular complexity index is 572. The standard InChI is InChI=1S/C14H14F3N3O/c15-14(16,17)12-6-11(2-1-10(12)7-18)20-13(21)5-9-3-4-19-8-9/h1-2,6,9,19H,3-5,8H2,(H,20,21). The Labute approximate surface area is 119 Å². The van der Waals surface area contributed by atoms with Gasteiger partial charge in [-0.25, -0.2) is 0 Å². The molecule has 0 aromatic heterocycles. The van der Waals surface area contributed by atoms with Gasteiger partial charge in [-0.15, -0.1) is 0 Å². The molecule has 1 fully saturated rings. The summed E-state index contributed by atoms with van der Waals surface area (Å²) in [6.45, 7) is 1.60. The lowest BCUT2D eigenvalue weighted by Crippen LogP contribution is -2.19. The van der Waals surface area contributed by atoms with Gasteiger partial charge in [0, 0.05) is 12.1 Å². The number of amides is 1. The van der Waals surface area contributed by atoms with Crippen LogP contribution in [-0.4, -0.2) is 19.0 Å². The van der Waals surface area contributed by atoms with Crippen molar-refractivity contribution >= 4 is 11.6 Å². The summed E-state index contributed by atoms with van der Waals surface area (Å²) in [6.07, 6.45) is -3.47. The Kier molecular flexibility index (Phi) is 4.48. The number of nitrogens with one attached hydrogen (secondary N) is 2. The fourth-order valence-corrected chi connectivity index (χ4v) is 2.32. The molecule has 0 spiro atoms. The molecular formula is C14H14F3N3O. The largest absolute Gasteiger partial charge is 0.417 e. The molecule has 1 heterocycles. The van der Waals surface area contributed by atoms with Gasteiger partial charge < -0.3 is 10.6 Å². The average molecular weight is 297 g/mol. The Hall–Kier alpha value is -2.07. The third-order valence-electron chi connectivity index (χ3n) is 3.37. The highest BCUT2D eigenvalue weighted by molar-refractivity contribution is 5.91. The van der Waals surface area contributed by atoms with Gasteiger partial charge in [-0.1, -0.05) is 0 Å². The molecule has 1 aliphatic heterocycles. The van der Waals surface area contributed by atoms with Crippen LogP contribution in [-0.2, 0) is 11.0 Å². The van der Waals surface area contributed by atoms with Crippen molar-refractivity contribution < 1.29 is 18.0 Å². The Balaban J connectivity index is 2.10. The number of carbonyl (C=O) groups excluding carboxylic acids is 1. The normalized spacial score (nSPS) is 18.3. The Morgan fingerprint density at radius 3 is 2.81 bits per heavy atom. The van der Waals surface area contributed by atoms with Gasteiger partial charge in [0.05, 0.1) is 17.2 Å². The molecule has 1 aliphatic rings. The number of nitriles is 1. The van der Waals surface area contributed by atoms with E-state index in [1.807, 2.05) is 0 Å². The van der Waals surface area contributed by atoms with Crippen molar-refractivity contribution in [1.29, 1.82) is 5.26 Å². The van der Waals surface area contributed by atoms with E-state index in [1.54, 1.807) is 0 Å². The highest BCUT2D eigenvalue weighted by Crippen LogP contribution is 2.33. The number of nitrogens with zero attached hydrogens (tertiary/aromatic N) is 1. The van der Waals surface area contributed by atoms with Gasteiger partial charge in [0.1, 0.15) is 0 Å². The maximum absolute atomic E-state index is 12.8. The maximum Gasteiger partial charge on any atom is 0.417 e. The molecule has 0 saturated carbocycles. The zero-order chi connectivity index (χ0) is 15.5. The Morgan fingerprint density at radius 1 is 1.48 bits per heavy atom. The maximum atomic E-state index is 12.8. The Morgan fingerprint density at radius 2 is 2.24 bits per heavy atom. The van der Waals surface area contributed by atoms with Gasteiger partial charge in [0.15, 0.2) is 0 Å². The molecule has 112 valence electrons. The minimum Gasteiger partial charge on any atom is -0.326 e. The van der Waals surface area contributed by atoms with E-state index >= 15 is 0 Å². The molecule has 0 radical (unpaired) electrons. The number of anilines is 1. The van der Waals surface area contributed by atoms with E-state index in [9.17, 15) is 18.0 Å². The highest BCUT2D eigenvalue weighted by Gasteiger charge is 2.34. The first-order valence-corrected chi connectivity index (χ1v) is 6.52. The lowest BCUT2D eigenvalue weighted by molar-refractivity contribution is -0.137. The molecule has 0 aliphatic carbocycles. The van der Waals surface area contributed by atoms with Crippen LogP contribution in [0.3, 0.4) is 0 Å². The zero-order valence-electron chi connectivity index (χ0n) is 11.1. The van der Waals surface area contributed by atoms with Crippen molar-refractivity contribution in [3.63, 3.8) is 0 Å². The number of hydrogen-bond acceptors (Lipinski definition) is 3. The molecule has 1 atom stereocenters. The first kappa shape index (κ1) is 15.3. The van der Waals surface area contributed by atoms with E-state index in [2.05, 4.69) is 10.6 Å². The number of halogens is 3. The first-order valence-electron chi connectivity index (χ1n) is 6.52. The summed E-state index contributed by atoms with van der Waals surface area (Å²) >= 11 is 0. The van der Waals surface area contributed by atoms with E-state index in [-0.39, 0.29) is 23.9 Å². The SMILES string of the molecule is N#Cc1ccc(NC(=O)CC2CCNC2)cc1C(F)(F)F. The van der Waals surface area contributed by atoms with Crippen molar-refractivity contribution in [2.24, 2.45) is 5.92 Å². The summed E-state index contributed by atoms with van der Waals surface area (Å²) in [4.78, 5) is 11.8. The minimum absolute atomic E-state index is 0.0530. The van der Waals surface area contributed by atoms with Crippen LogP contribution in [0.15, 0.2) is 18.2 Å². The van der Waals surface area contributed by atoms with Crippen LogP contribution in [0.5, 0.6) is 0 Å². The predicted molar refractivity (Wildman–Crippen MR) is 70.4 cm³/mol. The van der Waals surface area contributed by atoms with Gasteiger partial charge in [0.2, 0.25) is 5.91 Å². The van der Waals surface area contributed by atoms with Crippen LogP contribution in [0.1, 0.15) is 24.0 Å². The second kappa shape index (κ2) is 6.14. The molecule has 4 nitrogen and oxygen atoms in total. The summed E-state index contributed by atoms with van der Waals surface area (Å²) in [5.41, 5.74) is -1.44. The molecule has 21 heavy (non-hydrogen) atoms. The molecule has 1 unspecified atom stereocenters. The third-order valence-corrected chi connectivity index (χ3v) is 3.37. The first-order chi connectivity index (χ1) is 9.90. The monoisotopic (exact) mass is 297 g/mol. The fraction of sp³-hybridized carbons (Fsp3) is 0.429. The van der Waals surface area contributed by atoms with Crippen LogP contribution < -0.4 is 10.6 Å². The summed E-state index contributed by atoms with van der Waals surface area (Å²) in [5.74, 6) is -0.105. The number of hydrogen-bond donors (Lipinski definition) is 2. The molecule has 2 N–H and O–H groups in total. The van der Waals surface area contributed by atoms with Crippen molar-refractivity contribution in [3.8, 4) is 6.07 Å². The molecule has 1 saturated heterocycles. The second-order valence-electron chi connectivity index (χ2n) is 4.98. The number of carbonyl (C=O) groups is 1. The minimum atomic E-state index is -4.62. The van der Waals surface area contributed by atoms with Crippen LogP contribution >= 0.6 is 0 Å². The van der Waals surface area contributed by atoms with Crippen LogP contribution in [0.4, 0.5) is 18.9 Å². The quantitative estimate of drug-likeness (QED) is 0.901. The molecule has 1 aromatic carbocycles. The topological polar surface area (TPSA) is 64.9 Å². The lowest BCUT2D eigenvalue weighted by Gasteiger charge is -2.13.